The van der Waals surface area contributed by atoms with Crippen LogP contribution in [0.4, 0.5) is 4.39 Å². The number of carbonyl (C=O) groups excluding carboxylic acids is 1. The summed E-state index contributed by atoms with van der Waals surface area (Å²) in [7, 11) is -3.68. The van der Waals surface area contributed by atoms with E-state index in [1.54, 1.807) is 12.1 Å². The van der Waals surface area contributed by atoms with Gasteiger partial charge >= 0.3 is 0 Å². The fourth-order valence-electron chi connectivity index (χ4n) is 3.52. The quantitative estimate of drug-likeness (QED) is 0.736. The number of halogens is 2. The van der Waals surface area contributed by atoms with E-state index in [4.69, 9.17) is 11.6 Å². The molecule has 1 atom stereocenters. The maximum absolute atomic E-state index is 13.1. The fraction of sp³-hybridized carbons (Fsp3) is 0.381. The van der Waals surface area contributed by atoms with Gasteiger partial charge in [0.15, 0.2) is 0 Å². The van der Waals surface area contributed by atoms with Crippen LogP contribution in [0, 0.1) is 11.7 Å². The normalized spacial score (nSPS) is 17.1. The molecule has 2 aromatic carbocycles. The van der Waals surface area contributed by atoms with Crippen molar-refractivity contribution < 1.29 is 17.6 Å². The number of amides is 1. The first-order valence-electron chi connectivity index (χ1n) is 9.63. The van der Waals surface area contributed by atoms with E-state index >= 15 is 0 Å². The third-order valence-electron chi connectivity index (χ3n) is 5.27. The Kier molecular flexibility index (Phi) is 6.93. The van der Waals surface area contributed by atoms with Crippen LogP contribution in [0.3, 0.4) is 0 Å². The molecule has 0 spiro atoms. The SMILES string of the molecule is CCC(NC(=O)C1CCN(S(=O)(=O)c2ccc(F)cc2)CC1)c1ccc(Cl)cc1. The predicted molar refractivity (Wildman–Crippen MR) is 111 cm³/mol. The number of benzene rings is 2. The zero-order valence-electron chi connectivity index (χ0n) is 16.1. The summed E-state index contributed by atoms with van der Waals surface area (Å²) in [6, 6.07) is 12.1. The molecule has 1 unspecified atom stereocenters. The summed E-state index contributed by atoms with van der Waals surface area (Å²) in [5.74, 6) is -0.785. The Hall–Kier alpha value is -1.96. The largest absolute Gasteiger partial charge is 0.349 e. The molecule has 1 amide bonds. The van der Waals surface area contributed by atoms with E-state index in [0.717, 1.165) is 24.1 Å². The van der Waals surface area contributed by atoms with Crippen LogP contribution in [0.2, 0.25) is 5.02 Å². The minimum absolute atomic E-state index is 0.0642. The van der Waals surface area contributed by atoms with E-state index in [1.165, 1.54) is 16.4 Å². The lowest BCUT2D eigenvalue weighted by atomic mass is 9.96. The lowest BCUT2D eigenvalue weighted by molar-refractivity contribution is -0.126. The number of piperidine rings is 1. The number of nitrogens with one attached hydrogen (secondary N) is 1. The molecule has 2 aromatic rings. The van der Waals surface area contributed by atoms with Gasteiger partial charge in [0.2, 0.25) is 15.9 Å². The smallest absolute Gasteiger partial charge is 0.243 e. The maximum Gasteiger partial charge on any atom is 0.243 e. The van der Waals surface area contributed by atoms with Crippen molar-refractivity contribution in [2.45, 2.75) is 37.1 Å². The average molecular weight is 439 g/mol. The van der Waals surface area contributed by atoms with Crippen LogP contribution >= 0.6 is 11.6 Å². The molecule has 1 heterocycles. The number of sulfonamides is 1. The third-order valence-corrected chi connectivity index (χ3v) is 7.44. The number of hydrogen-bond donors (Lipinski definition) is 1. The zero-order chi connectivity index (χ0) is 21.0. The number of nitrogens with zero attached hydrogens (tertiary/aromatic N) is 1. The minimum atomic E-state index is -3.68. The molecule has 1 fully saturated rings. The van der Waals surface area contributed by atoms with Crippen LogP contribution in [-0.2, 0) is 14.8 Å². The Morgan fingerprint density at radius 3 is 2.28 bits per heavy atom. The molecule has 1 aliphatic rings. The maximum atomic E-state index is 13.1. The molecule has 29 heavy (non-hydrogen) atoms. The molecule has 0 radical (unpaired) electrons. The molecule has 0 aliphatic carbocycles. The molecule has 1 saturated heterocycles. The van der Waals surface area contributed by atoms with Gasteiger partial charge in [-0.3, -0.25) is 4.79 Å². The minimum Gasteiger partial charge on any atom is -0.349 e. The van der Waals surface area contributed by atoms with E-state index in [-0.39, 0.29) is 35.9 Å². The lowest BCUT2D eigenvalue weighted by Gasteiger charge is -2.31. The van der Waals surface area contributed by atoms with Gasteiger partial charge in [-0.05, 0) is 61.2 Å². The fourth-order valence-corrected chi connectivity index (χ4v) is 5.12. The van der Waals surface area contributed by atoms with Crippen molar-refractivity contribution in [2.24, 2.45) is 5.92 Å². The topological polar surface area (TPSA) is 66.5 Å². The van der Waals surface area contributed by atoms with Crippen molar-refractivity contribution in [1.82, 2.24) is 9.62 Å². The summed E-state index contributed by atoms with van der Waals surface area (Å²) in [5, 5.41) is 3.72. The zero-order valence-corrected chi connectivity index (χ0v) is 17.7. The van der Waals surface area contributed by atoms with Crippen molar-refractivity contribution in [3.63, 3.8) is 0 Å². The van der Waals surface area contributed by atoms with Gasteiger partial charge in [-0.1, -0.05) is 30.7 Å². The van der Waals surface area contributed by atoms with Gasteiger partial charge in [-0.25, -0.2) is 12.8 Å². The predicted octanol–water partition coefficient (Wildman–Crippen LogP) is 4.15. The summed E-state index contributed by atoms with van der Waals surface area (Å²) >= 11 is 5.93. The summed E-state index contributed by atoms with van der Waals surface area (Å²) in [6.45, 7) is 2.52. The molecule has 0 saturated carbocycles. The highest BCUT2D eigenvalue weighted by atomic mass is 35.5. The lowest BCUT2D eigenvalue weighted by Crippen LogP contribution is -2.43. The van der Waals surface area contributed by atoms with Gasteiger partial charge < -0.3 is 5.32 Å². The van der Waals surface area contributed by atoms with Gasteiger partial charge in [0, 0.05) is 24.0 Å². The number of rotatable bonds is 6. The Morgan fingerprint density at radius 2 is 1.72 bits per heavy atom. The Morgan fingerprint density at radius 1 is 1.14 bits per heavy atom. The second-order valence-electron chi connectivity index (χ2n) is 7.15. The molecule has 5 nitrogen and oxygen atoms in total. The molecule has 0 bridgehead atoms. The molecule has 1 N–H and O–H groups in total. The van der Waals surface area contributed by atoms with E-state index < -0.39 is 15.8 Å². The summed E-state index contributed by atoms with van der Waals surface area (Å²) in [6.07, 6.45) is 1.64. The standard InChI is InChI=1S/C21H24ClFN2O3S/c1-2-20(15-3-5-17(22)6-4-15)24-21(26)16-11-13-25(14-12-16)29(27,28)19-9-7-18(23)8-10-19/h3-10,16,20H,2,11-14H2,1H3,(H,24,26). The van der Waals surface area contributed by atoms with Crippen molar-refractivity contribution in [1.29, 1.82) is 0 Å². The van der Waals surface area contributed by atoms with Crippen molar-refractivity contribution >= 4 is 27.5 Å². The molecule has 156 valence electrons. The summed E-state index contributed by atoms with van der Waals surface area (Å²) < 4.78 is 39.8. The van der Waals surface area contributed by atoms with Gasteiger partial charge in [0.1, 0.15) is 5.82 Å². The van der Waals surface area contributed by atoms with E-state index in [1.807, 2.05) is 19.1 Å². The van der Waals surface area contributed by atoms with Gasteiger partial charge in [-0.15, -0.1) is 0 Å². The molecular weight excluding hydrogens is 415 g/mol. The van der Waals surface area contributed by atoms with Gasteiger partial charge in [0.05, 0.1) is 10.9 Å². The monoisotopic (exact) mass is 438 g/mol. The van der Waals surface area contributed by atoms with Crippen molar-refractivity contribution in [2.75, 3.05) is 13.1 Å². The van der Waals surface area contributed by atoms with Crippen LogP contribution in [0.5, 0.6) is 0 Å². The van der Waals surface area contributed by atoms with Crippen LogP contribution in [0.25, 0.3) is 0 Å². The highest BCUT2D eigenvalue weighted by Gasteiger charge is 2.32. The van der Waals surface area contributed by atoms with E-state index in [0.29, 0.717) is 17.9 Å². The van der Waals surface area contributed by atoms with E-state index in [2.05, 4.69) is 5.32 Å². The van der Waals surface area contributed by atoms with Crippen molar-refractivity contribution in [3.05, 3.63) is 64.9 Å². The van der Waals surface area contributed by atoms with Gasteiger partial charge in [0.25, 0.3) is 0 Å². The first kappa shape index (κ1) is 21.7. The molecule has 8 heteroatoms. The molecule has 0 aromatic heterocycles. The molecule has 3 rings (SSSR count). The second kappa shape index (κ2) is 9.24. The van der Waals surface area contributed by atoms with Crippen LogP contribution in [-0.4, -0.2) is 31.7 Å². The van der Waals surface area contributed by atoms with Crippen LogP contribution < -0.4 is 5.32 Å². The van der Waals surface area contributed by atoms with Gasteiger partial charge in [-0.2, -0.15) is 4.31 Å². The Bertz CT molecular complexity index is 941. The average Bonchev–Trinajstić information content (AvgIpc) is 2.73. The first-order valence-corrected chi connectivity index (χ1v) is 11.4. The molecular formula is C21H24ClFN2O3S. The first-order chi connectivity index (χ1) is 13.8. The number of hydrogen-bond acceptors (Lipinski definition) is 3. The highest BCUT2D eigenvalue weighted by Crippen LogP contribution is 2.26. The Balaban J connectivity index is 1.60. The summed E-state index contributed by atoms with van der Waals surface area (Å²) in [5.41, 5.74) is 0.988. The summed E-state index contributed by atoms with van der Waals surface area (Å²) in [4.78, 5) is 12.8. The highest BCUT2D eigenvalue weighted by molar-refractivity contribution is 7.89. The van der Waals surface area contributed by atoms with Crippen LogP contribution in [0.1, 0.15) is 37.8 Å². The van der Waals surface area contributed by atoms with Crippen molar-refractivity contribution in [3.8, 4) is 0 Å². The second-order valence-corrected chi connectivity index (χ2v) is 9.53. The Labute approximate surface area is 175 Å². The number of carbonyl (C=O) groups is 1. The molecule has 1 aliphatic heterocycles. The third kappa shape index (κ3) is 5.15. The van der Waals surface area contributed by atoms with E-state index in [9.17, 15) is 17.6 Å². The van der Waals surface area contributed by atoms with Crippen LogP contribution in [0.15, 0.2) is 53.4 Å².